The molecule has 5 nitrogen and oxygen atoms in total. The van der Waals surface area contributed by atoms with E-state index in [2.05, 4.69) is 5.10 Å². The molecule has 5 heteroatoms. The highest BCUT2D eigenvalue weighted by Crippen LogP contribution is 2.35. The summed E-state index contributed by atoms with van der Waals surface area (Å²) in [4.78, 5) is 0. The quantitative estimate of drug-likeness (QED) is 0.891. The molecular formula is C14H17N3O2. The number of hydrogen-bond donors (Lipinski definition) is 1. The van der Waals surface area contributed by atoms with Crippen molar-refractivity contribution in [3.8, 4) is 22.6 Å². The SMILES string of the molecule is Cn1ncc(-c2ccc3c(c2)OCCCO3)c1CN. The van der Waals surface area contributed by atoms with E-state index in [1.165, 1.54) is 0 Å². The first-order valence-electron chi connectivity index (χ1n) is 6.40. The number of fused-ring (bicyclic) bond motifs is 1. The molecule has 1 aromatic heterocycles. The minimum Gasteiger partial charge on any atom is -0.490 e. The van der Waals surface area contributed by atoms with E-state index in [9.17, 15) is 0 Å². The Bertz CT molecular complexity index is 592. The monoisotopic (exact) mass is 259 g/mol. The lowest BCUT2D eigenvalue weighted by atomic mass is 10.1. The molecule has 1 aliphatic rings. The van der Waals surface area contributed by atoms with E-state index < -0.39 is 0 Å². The van der Waals surface area contributed by atoms with Gasteiger partial charge in [-0.15, -0.1) is 0 Å². The van der Waals surface area contributed by atoms with E-state index in [1.807, 2.05) is 31.4 Å². The molecule has 0 atom stereocenters. The van der Waals surface area contributed by atoms with Gasteiger partial charge in [0, 0.05) is 25.6 Å². The first-order valence-corrected chi connectivity index (χ1v) is 6.40. The summed E-state index contributed by atoms with van der Waals surface area (Å²) in [5.41, 5.74) is 8.88. The molecule has 2 aromatic rings. The largest absolute Gasteiger partial charge is 0.490 e. The van der Waals surface area contributed by atoms with Crippen LogP contribution in [-0.2, 0) is 13.6 Å². The molecule has 2 heterocycles. The predicted molar refractivity (Wildman–Crippen MR) is 72.1 cm³/mol. The van der Waals surface area contributed by atoms with Crippen molar-refractivity contribution in [1.29, 1.82) is 0 Å². The minimum absolute atomic E-state index is 0.459. The van der Waals surface area contributed by atoms with Crippen molar-refractivity contribution in [3.05, 3.63) is 30.1 Å². The van der Waals surface area contributed by atoms with Gasteiger partial charge in [0.15, 0.2) is 11.5 Å². The summed E-state index contributed by atoms with van der Waals surface area (Å²) >= 11 is 0. The van der Waals surface area contributed by atoms with Gasteiger partial charge in [0.25, 0.3) is 0 Å². The average Bonchev–Trinajstić information content (AvgIpc) is 2.66. The van der Waals surface area contributed by atoms with Crippen LogP contribution in [0, 0.1) is 0 Å². The standard InChI is InChI=1S/C14H17N3O2/c1-17-12(8-15)11(9-16-17)10-3-4-13-14(7-10)19-6-2-5-18-13/h3-4,7,9H,2,5-6,8,15H2,1H3. The molecule has 0 amide bonds. The maximum atomic E-state index is 5.78. The van der Waals surface area contributed by atoms with Gasteiger partial charge in [-0.2, -0.15) is 5.10 Å². The van der Waals surface area contributed by atoms with Crippen molar-refractivity contribution in [2.24, 2.45) is 12.8 Å². The van der Waals surface area contributed by atoms with E-state index in [1.54, 1.807) is 4.68 Å². The zero-order valence-corrected chi connectivity index (χ0v) is 10.9. The third-order valence-electron chi connectivity index (χ3n) is 3.31. The second-order valence-electron chi connectivity index (χ2n) is 4.54. The van der Waals surface area contributed by atoms with Crippen LogP contribution in [0.15, 0.2) is 24.4 Å². The number of nitrogens with two attached hydrogens (primary N) is 1. The Morgan fingerprint density at radius 3 is 2.84 bits per heavy atom. The number of ether oxygens (including phenoxy) is 2. The third-order valence-corrected chi connectivity index (χ3v) is 3.31. The minimum atomic E-state index is 0.459. The first-order chi connectivity index (χ1) is 9.29. The van der Waals surface area contributed by atoms with E-state index in [4.69, 9.17) is 15.2 Å². The molecule has 1 aromatic carbocycles. The van der Waals surface area contributed by atoms with Crippen LogP contribution < -0.4 is 15.2 Å². The number of rotatable bonds is 2. The Kier molecular flexibility index (Phi) is 3.13. The maximum absolute atomic E-state index is 5.78. The van der Waals surface area contributed by atoms with Crippen LogP contribution in [-0.4, -0.2) is 23.0 Å². The molecule has 100 valence electrons. The van der Waals surface area contributed by atoms with Crippen molar-refractivity contribution in [2.75, 3.05) is 13.2 Å². The predicted octanol–water partition coefficient (Wildman–Crippen LogP) is 1.71. The van der Waals surface area contributed by atoms with Gasteiger partial charge < -0.3 is 15.2 Å². The number of hydrogen-bond acceptors (Lipinski definition) is 4. The topological polar surface area (TPSA) is 62.3 Å². The lowest BCUT2D eigenvalue weighted by Gasteiger charge is -2.09. The normalized spacial score (nSPS) is 14.2. The van der Waals surface area contributed by atoms with Crippen molar-refractivity contribution in [3.63, 3.8) is 0 Å². The average molecular weight is 259 g/mol. The number of nitrogens with zero attached hydrogens (tertiary/aromatic N) is 2. The van der Waals surface area contributed by atoms with E-state index in [-0.39, 0.29) is 0 Å². The molecule has 0 saturated heterocycles. The van der Waals surface area contributed by atoms with Gasteiger partial charge in [-0.05, 0) is 17.7 Å². The summed E-state index contributed by atoms with van der Waals surface area (Å²) in [5.74, 6) is 1.60. The van der Waals surface area contributed by atoms with Crippen LogP contribution in [0.4, 0.5) is 0 Å². The summed E-state index contributed by atoms with van der Waals surface area (Å²) in [6.45, 7) is 1.85. The van der Waals surface area contributed by atoms with Crippen molar-refractivity contribution < 1.29 is 9.47 Å². The molecule has 0 bridgehead atoms. The molecule has 0 radical (unpaired) electrons. The van der Waals surface area contributed by atoms with Gasteiger partial charge in [-0.25, -0.2) is 0 Å². The van der Waals surface area contributed by atoms with Crippen molar-refractivity contribution in [1.82, 2.24) is 9.78 Å². The lowest BCUT2D eigenvalue weighted by Crippen LogP contribution is -2.05. The van der Waals surface area contributed by atoms with Gasteiger partial charge >= 0.3 is 0 Å². The van der Waals surface area contributed by atoms with E-state index >= 15 is 0 Å². The van der Waals surface area contributed by atoms with E-state index in [0.717, 1.165) is 34.7 Å². The summed E-state index contributed by atoms with van der Waals surface area (Å²) in [6, 6.07) is 5.96. The number of aromatic nitrogens is 2. The molecule has 0 spiro atoms. The van der Waals surface area contributed by atoms with Crippen LogP contribution in [0.1, 0.15) is 12.1 Å². The van der Waals surface area contributed by atoms with Crippen molar-refractivity contribution >= 4 is 0 Å². The smallest absolute Gasteiger partial charge is 0.161 e. The third kappa shape index (κ3) is 2.17. The Morgan fingerprint density at radius 1 is 1.26 bits per heavy atom. The van der Waals surface area contributed by atoms with Crippen LogP contribution in [0.3, 0.4) is 0 Å². The molecular weight excluding hydrogens is 242 g/mol. The molecule has 0 unspecified atom stereocenters. The summed E-state index contributed by atoms with van der Waals surface area (Å²) in [6.07, 6.45) is 2.74. The molecule has 1 aliphatic heterocycles. The zero-order valence-electron chi connectivity index (χ0n) is 10.9. The summed E-state index contributed by atoms with van der Waals surface area (Å²) in [7, 11) is 1.90. The van der Waals surface area contributed by atoms with E-state index in [0.29, 0.717) is 19.8 Å². The summed E-state index contributed by atoms with van der Waals surface area (Å²) < 4.78 is 13.1. The highest BCUT2D eigenvalue weighted by molar-refractivity contribution is 5.68. The zero-order chi connectivity index (χ0) is 13.2. The van der Waals surface area contributed by atoms with Crippen LogP contribution in [0.5, 0.6) is 11.5 Å². The first kappa shape index (κ1) is 12.0. The van der Waals surface area contributed by atoms with Crippen LogP contribution >= 0.6 is 0 Å². The lowest BCUT2D eigenvalue weighted by molar-refractivity contribution is 0.297. The van der Waals surface area contributed by atoms with Gasteiger partial charge in [0.2, 0.25) is 0 Å². The Balaban J connectivity index is 2.03. The maximum Gasteiger partial charge on any atom is 0.161 e. The number of aryl methyl sites for hydroxylation is 1. The fourth-order valence-electron chi connectivity index (χ4n) is 2.28. The molecule has 0 aliphatic carbocycles. The Morgan fingerprint density at radius 2 is 2.05 bits per heavy atom. The molecule has 2 N–H and O–H groups in total. The molecule has 3 rings (SSSR count). The molecule has 0 fully saturated rings. The second kappa shape index (κ2) is 4.93. The molecule has 0 saturated carbocycles. The van der Waals surface area contributed by atoms with Crippen LogP contribution in [0.25, 0.3) is 11.1 Å². The fourth-order valence-corrected chi connectivity index (χ4v) is 2.28. The van der Waals surface area contributed by atoms with Gasteiger partial charge in [-0.1, -0.05) is 6.07 Å². The van der Waals surface area contributed by atoms with Gasteiger partial charge in [-0.3, -0.25) is 4.68 Å². The van der Waals surface area contributed by atoms with Crippen molar-refractivity contribution in [2.45, 2.75) is 13.0 Å². The van der Waals surface area contributed by atoms with Gasteiger partial charge in [0.1, 0.15) is 0 Å². The van der Waals surface area contributed by atoms with Crippen LogP contribution in [0.2, 0.25) is 0 Å². The highest BCUT2D eigenvalue weighted by atomic mass is 16.5. The summed E-state index contributed by atoms with van der Waals surface area (Å²) in [5, 5.41) is 4.26. The Labute approximate surface area is 111 Å². The number of benzene rings is 1. The Hall–Kier alpha value is -2.01. The second-order valence-corrected chi connectivity index (χ2v) is 4.54. The molecule has 19 heavy (non-hydrogen) atoms. The highest BCUT2D eigenvalue weighted by Gasteiger charge is 2.14. The fraction of sp³-hybridized carbons (Fsp3) is 0.357. The van der Waals surface area contributed by atoms with Gasteiger partial charge in [0.05, 0.1) is 25.1 Å².